The molecule has 2 amide bonds. The Morgan fingerprint density at radius 3 is 2.33 bits per heavy atom. The molecule has 2 aliphatic rings. The molecule has 7 nitrogen and oxygen atoms in total. The molecular formula is C23H28N4O3. The first-order valence-corrected chi connectivity index (χ1v) is 10.6. The number of carbonyl (C=O) groups is 2. The maximum Gasteiger partial charge on any atom is 0.253 e. The third kappa shape index (κ3) is 5.10. The van der Waals surface area contributed by atoms with Crippen LogP contribution in [0.5, 0.6) is 0 Å². The van der Waals surface area contributed by atoms with Crippen molar-refractivity contribution in [2.75, 3.05) is 35.2 Å². The van der Waals surface area contributed by atoms with E-state index in [4.69, 9.17) is 0 Å². The summed E-state index contributed by atoms with van der Waals surface area (Å²) in [5.74, 6) is -0.371. The normalized spacial score (nSPS) is 16.8. The largest absolute Gasteiger partial charge is 0.393 e. The van der Waals surface area contributed by atoms with Crippen LogP contribution in [-0.2, 0) is 4.79 Å². The van der Waals surface area contributed by atoms with Crippen molar-refractivity contribution < 1.29 is 14.7 Å². The molecule has 0 bridgehead atoms. The molecule has 4 N–H and O–H groups in total. The number of nitrogens with one attached hydrogen (secondary N) is 3. The van der Waals surface area contributed by atoms with Crippen LogP contribution in [0.15, 0.2) is 48.5 Å². The van der Waals surface area contributed by atoms with Gasteiger partial charge in [-0.2, -0.15) is 0 Å². The highest BCUT2D eigenvalue weighted by molar-refractivity contribution is 6.04. The monoisotopic (exact) mass is 408 g/mol. The van der Waals surface area contributed by atoms with Gasteiger partial charge in [0.1, 0.15) is 0 Å². The number of hydrogen-bond acceptors (Lipinski definition) is 5. The Hall–Kier alpha value is -3.06. The smallest absolute Gasteiger partial charge is 0.253 e. The molecule has 0 spiro atoms. The SMILES string of the molecule is O=C(CNc1ccccc1N1CCC(O)CC1)Nc1ccccc1C(=O)NC1CC1. The summed E-state index contributed by atoms with van der Waals surface area (Å²) >= 11 is 0. The number of hydrogen-bond donors (Lipinski definition) is 4. The van der Waals surface area contributed by atoms with Gasteiger partial charge in [-0.25, -0.2) is 0 Å². The Bertz CT molecular complexity index is 905. The van der Waals surface area contributed by atoms with Crippen LogP contribution in [0.3, 0.4) is 0 Å². The van der Waals surface area contributed by atoms with Crippen LogP contribution in [0.25, 0.3) is 0 Å². The van der Waals surface area contributed by atoms with Gasteiger partial charge in [0.2, 0.25) is 5.91 Å². The van der Waals surface area contributed by atoms with Crippen molar-refractivity contribution in [3.05, 3.63) is 54.1 Å². The van der Waals surface area contributed by atoms with E-state index in [1.54, 1.807) is 24.3 Å². The van der Waals surface area contributed by atoms with Crippen LogP contribution < -0.4 is 20.9 Å². The van der Waals surface area contributed by atoms with Gasteiger partial charge in [-0.3, -0.25) is 9.59 Å². The molecule has 1 saturated carbocycles. The van der Waals surface area contributed by atoms with Crippen molar-refractivity contribution in [2.24, 2.45) is 0 Å². The molecule has 1 saturated heterocycles. The topological polar surface area (TPSA) is 93.7 Å². The number of aliphatic hydroxyl groups is 1. The van der Waals surface area contributed by atoms with E-state index in [9.17, 15) is 14.7 Å². The van der Waals surface area contributed by atoms with Crippen molar-refractivity contribution in [1.82, 2.24) is 5.32 Å². The molecule has 1 aliphatic heterocycles. The van der Waals surface area contributed by atoms with E-state index in [2.05, 4.69) is 20.9 Å². The Labute approximate surface area is 176 Å². The minimum absolute atomic E-state index is 0.0893. The van der Waals surface area contributed by atoms with E-state index in [0.717, 1.165) is 50.1 Å². The third-order valence-corrected chi connectivity index (χ3v) is 5.51. The fraction of sp³-hybridized carbons (Fsp3) is 0.391. The fourth-order valence-corrected chi connectivity index (χ4v) is 3.66. The Morgan fingerprint density at radius 2 is 1.60 bits per heavy atom. The van der Waals surface area contributed by atoms with Crippen LogP contribution >= 0.6 is 0 Å². The number of nitrogens with zero attached hydrogens (tertiary/aromatic N) is 1. The zero-order valence-corrected chi connectivity index (χ0v) is 16.9. The first-order valence-electron chi connectivity index (χ1n) is 10.6. The number of carbonyl (C=O) groups excluding carboxylic acids is 2. The summed E-state index contributed by atoms with van der Waals surface area (Å²) < 4.78 is 0. The van der Waals surface area contributed by atoms with Crippen LogP contribution in [0.1, 0.15) is 36.0 Å². The zero-order chi connectivity index (χ0) is 20.9. The molecule has 1 aliphatic carbocycles. The lowest BCUT2D eigenvalue weighted by Crippen LogP contribution is -2.36. The van der Waals surface area contributed by atoms with Gasteiger partial charge in [-0.1, -0.05) is 24.3 Å². The maximum atomic E-state index is 12.6. The summed E-state index contributed by atoms with van der Waals surface area (Å²) in [7, 11) is 0. The number of piperidine rings is 1. The molecule has 4 rings (SSSR count). The van der Waals surface area contributed by atoms with Crippen LogP contribution in [0, 0.1) is 0 Å². The van der Waals surface area contributed by atoms with Crippen LogP contribution in [0.2, 0.25) is 0 Å². The molecule has 2 fully saturated rings. The first-order chi connectivity index (χ1) is 14.6. The summed E-state index contributed by atoms with van der Waals surface area (Å²) in [4.78, 5) is 27.2. The second kappa shape index (κ2) is 9.17. The number of aliphatic hydroxyl groups excluding tert-OH is 1. The third-order valence-electron chi connectivity index (χ3n) is 5.51. The Kier molecular flexibility index (Phi) is 6.18. The average Bonchev–Trinajstić information content (AvgIpc) is 3.57. The van der Waals surface area contributed by atoms with Gasteiger partial charge >= 0.3 is 0 Å². The van der Waals surface area contributed by atoms with E-state index in [-0.39, 0.29) is 30.5 Å². The molecule has 0 radical (unpaired) electrons. The predicted molar refractivity (Wildman–Crippen MR) is 118 cm³/mol. The fourth-order valence-electron chi connectivity index (χ4n) is 3.66. The van der Waals surface area contributed by atoms with Crippen LogP contribution in [0.4, 0.5) is 17.1 Å². The molecule has 1 heterocycles. The number of anilines is 3. The number of benzene rings is 2. The van der Waals surface area contributed by atoms with E-state index < -0.39 is 0 Å². The molecule has 0 atom stereocenters. The molecule has 2 aromatic rings. The van der Waals surface area contributed by atoms with Crippen molar-refractivity contribution in [3.63, 3.8) is 0 Å². The Balaban J connectivity index is 1.37. The summed E-state index contributed by atoms with van der Waals surface area (Å²) in [6.07, 6.45) is 3.28. The van der Waals surface area contributed by atoms with E-state index in [0.29, 0.717) is 11.3 Å². The maximum absolute atomic E-state index is 12.6. The summed E-state index contributed by atoms with van der Waals surface area (Å²) in [6, 6.07) is 15.2. The molecule has 0 aromatic heterocycles. The molecule has 158 valence electrons. The second-order valence-corrected chi connectivity index (χ2v) is 7.93. The van der Waals surface area contributed by atoms with Gasteiger partial charge in [0.15, 0.2) is 0 Å². The van der Waals surface area contributed by atoms with Gasteiger partial charge in [-0.05, 0) is 49.9 Å². The average molecular weight is 409 g/mol. The van der Waals surface area contributed by atoms with Crippen molar-refractivity contribution in [1.29, 1.82) is 0 Å². The van der Waals surface area contributed by atoms with Crippen LogP contribution in [-0.4, -0.2) is 48.7 Å². The van der Waals surface area contributed by atoms with Gasteiger partial charge in [0.25, 0.3) is 5.91 Å². The summed E-state index contributed by atoms with van der Waals surface area (Å²) in [5.41, 5.74) is 2.90. The molecular weight excluding hydrogens is 380 g/mol. The highest BCUT2D eigenvalue weighted by atomic mass is 16.3. The predicted octanol–water partition coefficient (Wildman–Crippen LogP) is 2.59. The minimum atomic E-state index is -0.232. The lowest BCUT2D eigenvalue weighted by Gasteiger charge is -2.32. The highest BCUT2D eigenvalue weighted by Gasteiger charge is 2.25. The first kappa shape index (κ1) is 20.2. The molecule has 30 heavy (non-hydrogen) atoms. The van der Waals surface area contributed by atoms with Gasteiger partial charge in [-0.15, -0.1) is 0 Å². The van der Waals surface area contributed by atoms with Crippen molar-refractivity contribution in [3.8, 4) is 0 Å². The quantitative estimate of drug-likeness (QED) is 0.565. The standard InChI is InChI=1S/C23H28N4O3/c28-17-11-13-27(14-12-17)21-8-4-3-7-20(21)24-15-22(29)26-19-6-2-1-5-18(19)23(30)25-16-9-10-16/h1-8,16-17,24,28H,9-15H2,(H,25,30)(H,26,29). The highest BCUT2D eigenvalue weighted by Crippen LogP contribution is 2.28. The zero-order valence-electron chi connectivity index (χ0n) is 16.9. The summed E-state index contributed by atoms with van der Waals surface area (Å²) in [6.45, 7) is 1.66. The lowest BCUT2D eigenvalue weighted by molar-refractivity contribution is -0.114. The number of para-hydroxylation sites is 3. The number of rotatable bonds is 7. The van der Waals surface area contributed by atoms with Gasteiger partial charge in [0, 0.05) is 19.1 Å². The van der Waals surface area contributed by atoms with E-state index >= 15 is 0 Å². The van der Waals surface area contributed by atoms with Crippen molar-refractivity contribution >= 4 is 28.9 Å². The van der Waals surface area contributed by atoms with Gasteiger partial charge in [0.05, 0.1) is 35.3 Å². The van der Waals surface area contributed by atoms with E-state index in [1.807, 2.05) is 24.3 Å². The molecule has 7 heteroatoms. The van der Waals surface area contributed by atoms with Gasteiger partial charge < -0.3 is 26.0 Å². The second-order valence-electron chi connectivity index (χ2n) is 7.93. The Morgan fingerprint density at radius 1 is 0.933 bits per heavy atom. The van der Waals surface area contributed by atoms with E-state index in [1.165, 1.54) is 0 Å². The molecule has 2 aromatic carbocycles. The molecule has 0 unspecified atom stereocenters. The minimum Gasteiger partial charge on any atom is -0.393 e. The lowest BCUT2D eigenvalue weighted by atomic mass is 10.1. The number of amides is 2. The summed E-state index contributed by atoms with van der Waals surface area (Å²) in [5, 5.41) is 18.8. The van der Waals surface area contributed by atoms with Crippen molar-refractivity contribution in [2.45, 2.75) is 37.8 Å².